The molecule has 0 saturated heterocycles. The molecule has 0 aromatic carbocycles. The Balaban J connectivity index is 3.63. The third-order valence-corrected chi connectivity index (χ3v) is 2.78. The molecule has 0 radical (unpaired) electrons. The topological polar surface area (TPSA) is 46.3 Å². The molecule has 0 aromatic heterocycles. The third kappa shape index (κ3) is 7.37. The number of nitrogens with zero attached hydrogens (tertiary/aromatic N) is 1. The number of unbranched alkanes of at least 4 members (excludes halogenated alkanes) is 1. The molecule has 2 N–H and O–H groups in total. The predicted molar refractivity (Wildman–Crippen MR) is 64.6 cm³/mol. The van der Waals surface area contributed by atoms with Crippen LogP contribution in [-0.2, 0) is 4.79 Å². The van der Waals surface area contributed by atoms with Gasteiger partial charge in [0.1, 0.15) is 0 Å². The van der Waals surface area contributed by atoms with E-state index < -0.39 is 0 Å². The second-order valence-corrected chi connectivity index (χ2v) is 4.39. The van der Waals surface area contributed by atoms with Crippen molar-refractivity contribution in [1.82, 2.24) is 4.90 Å². The number of rotatable bonds is 8. The van der Waals surface area contributed by atoms with Crippen LogP contribution in [-0.4, -0.2) is 30.9 Å². The highest BCUT2D eigenvalue weighted by Crippen LogP contribution is 2.10. The minimum Gasteiger partial charge on any atom is -0.346 e. The predicted octanol–water partition coefficient (Wildman–Crippen LogP) is 2.01. The summed E-state index contributed by atoms with van der Waals surface area (Å²) in [5.41, 5.74) is 5.47. The Hall–Kier alpha value is -0.570. The van der Waals surface area contributed by atoms with Crippen LogP contribution < -0.4 is 5.73 Å². The molecular weight excluding hydrogens is 188 g/mol. The fraction of sp³-hybridized carbons (Fsp3) is 0.917. The lowest BCUT2D eigenvalue weighted by Gasteiger charge is -2.17. The molecule has 0 aliphatic heterocycles. The van der Waals surface area contributed by atoms with Crippen molar-refractivity contribution >= 4 is 5.91 Å². The van der Waals surface area contributed by atoms with Gasteiger partial charge >= 0.3 is 0 Å². The Kier molecular flexibility index (Phi) is 8.38. The van der Waals surface area contributed by atoms with E-state index in [2.05, 4.69) is 13.8 Å². The van der Waals surface area contributed by atoms with Crippen LogP contribution in [0.4, 0.5) is 0 Å². The third-order valence-electron chi connectivity index (χ3n) is 2.78. The molecule has 15 heavy (non-hydrogen) atoms. The van der Waals surface area contributed by atoms with Crippen LogP contribution in [0.25, 0.3) is 0 Å². The molecule has 0 fully saturated rings. The molecule has 0 aliphatic rings. The number of carbonyl (C=O) groups is 1. The Morgan fingerprint density at radius 3 is 2.60 bits per heavy atom. The van der Waals surface area contributed by atoms with E-state index >= 15 is 0 Å². The first-order chi connectivity index (χ1) is 7.11. The van der Waals surface area contributed by atoms with Crippen LogP contribution in [0.1, 0.15) is 46.0 Å². The second-order valence-electron chi connectivity index (χ2n) is 4.39. The van der Waals surface area contributed by atoms with E-state index in [-0.39, 0.29) is 5.91 Å². The first-order valence-electron chi connectivity index (χ1n) is 6.05. The van der Waals surface area contributed by atoms with Gasteiger partial charge in [-0.2, -0.15) is 0 Å². The minimum atomic E-state index is 0.271. The quantitative estimate of drug-likeness (QED) is 0.672. The van der Waals surface area contributed by atoms with Crippen molar-refractivity contribution in [2.45, 2.75) is 46.0 Å². The molecule has 0 bridgehead atoms. The number of carbonyl (C=O) groups excluding carboxylic acids is 1. The van der Waals surface area contributed by atoms with E-state index in [9.17, 15) is 4.79 Å². The summed E-state index contributed by atoms with van der Waals surface area (Å²) in [6.45, 7) is 5.91. The van der Waals surface area contributed by atoms with Gasteiger partial charge in [-0.15, -0.1) is 0 Å². The Bertz CT molecular complexity index is 171. The smallest absolute Gasteiger partial charge is 0.222 e. The molecule has 3 nitrogen and oxygen atoms in total. The van der Waals surface area contributed by atoms with Crippen molar-refractivity contribution in [3.8, 4) is 0 Å². The van der Waals surface area contributed by atoms with Gasteiger partial charge in [0, 0.05) is 20.0 Å². The number of hydrogen-bond donors (Lipinski definition) is 1. The zero-order valence-electron chi connectivity index (χ0n) is 10.5. The first-order valence-corrected chi connectivity index (χ1v) is 6.05. The van der Waals surface area contributed by atoms with Crippen molar-refractivity contribution in [3.05, 3.63) is 0 Å². The fourth-order valence-electron chi connectivity index (χ4n) is 1.51. The van der Waals surface area contributed by atoms with Crippen molar-refractivity contribution in [3.63, 3.8) is 0 Å². The standard InChI is InChI=1S/C12H26N2O/c1-4-5-10-14(3)12(15)7-6-11(2)8-9-13/h11H,4-10,13H2,1-3H3. The highest BCUT2D eigenvalue weighted by Gasteiger charge is 2.09. The highest BCUT2D eigenvalue weighted by atomic mass is 16.2. The van der Waals surface area contributed by atoms with E-state index in [0.29, 0.717) is 12.3 Å². The van der Waals surface area contributed by atoms with Gasteiger partial charge in [-0.25, -0.2) is 0 Å². The summed E-state index contributed by atoms with van der Waals surface area (Å²) in [7, 11) is 1.89. The van der Waals surface area contributed by atoms with Crippen molar-refractivity contribution < 1.29 is 4.79 Å². The second kappa shape index (κ2) is 8.72. The summed E-state index contributed by atoms with van der Waals surface area (Å²) in [5.74, 6) is 0.839. The van der Waals surface area contributed by atoms with E-state index in [1.54, 1.807) is 0 Å². The number of amides is 1. The molecule has 0 rings (SSSR count). The fourth-order valence-corrected chi connectivity index (χ4v) is 1.51. The zero-order valence-corrected chi connectivity index (χ0v) is 10.5. The lowest BCUT2D eigenvalue weighted by Crippen LogP contribution is -2.27. The van der Waals surface area contributed by atoms with Gasteiger partial charge in [-0.3, -0.25) is 4.79 Å². The minimum absolute atomic E-state index is 0.271. The average Bonchev–Trinajstić information content (AvgIpc) is 2.22. The molecule has 1 amide bonds. The summed E-state index contributed by atoms with van der Waals surface area (Å²) in [6.07, 6.45) is 4.89. The Morgan fingerprint density at radius 2 is 2.07 bits per heavy atom. The number of hydrogen-bond acceptors (Lipinski definition) is 2. The van der Waals surface area contributed by atoms with Crippen molar-refractivity contribution in [1.29, 1.82) is 0 Å². The maximum atomic E-state index is 11.7. The molecule has 0 heterocycles. The van der Waals surface area contributed by atoms with Crippen molar-refractivity contribution in [2.75, 3.05) is 20.1 Å². The number of nitrogens with two attached hydrogens (primary N) is 1. The molecule has 0 aliphatic carbocycles. The summed E-state index contributed by atoms with van der Waals surface area (Å²) in [5, 5.41) is 0. The van der Waals surface area contributed by atoms with Gasteiger partial charge in [0.2, 0.25) is 5.91 Å². The summed E-state index contributed by atoms with van der Waals surface area (Å²) in [4.78, 5) is 13.5. The van der Waals surface area contributed by atoms with Crippen LogP contribution >= 0.6 is 0 Å². The largest absolute Gasteiger partial charge is 0.346 e. The van der Waals surface area contributed by atoms with E-state index in [4.69, 9.17) is 5.73 Å². The van der Waals surface area contributed by atoms with Gasteiger partial charge in [0.15, 0.2) is 0 Å². The molecule has 90 valence electrons. The van der Waals surface area contributed by atoms with Gasteiger partial charge in [0.05, 0.1) is 0 Å². The lowest BCUT2D eigenvalue weighted by atomic mass is 10.0. The molecule has 3 heteroatoms. The zero-order chi connectivity index (χ0) is 11.7. The van der Waals surface area contributed by atoms with Crippen LogP contribution in [0.2, 0.25) is 0 Å². The first kappa shape index (κ1) is 14.4. The summed E-state index contributed by atoms with van der Waals surface area (Å²) in [6, 6.07) is 0. The Labute approximate surface area is 94.0 Å². The highest BCUT2D eigenvalue weighted by molar-refractivity contribution is 5.75. The molecule has 0 spiro atoms. The van der Waals surface area contributed by atoms with Crippen LogP contribution in [0.5, 0.6) is 0 Å². The van der Waals surface area contributed by atoms with E-state index in [0.717, 1.165) is 38.8 Å². The molecule has 1 atom stereocenters. The van der Waals surface area contributed by atoms with Gasteiger partial charge in [-0.1, -0.05) is 20.3 Å². The average molecular weight is 214 g/mol. The molecule has 0 aromatic rings. The van der Waals surface area contributed by atoms with Crippen LogP contribution in [0, 0.1) is 5.92 Å². The summed E-state index contributed by atoms with van der Waals surface area (Å²) >= 11 is 0. The van der Waals surface area contributed by atoms with Gasteiger partial charge in [0.25, 0.3) is 0 Å². The van der Waals surface area contributed by atoms with E-state index in [1.807, 2.05) is 11.9 Å². The molecule has 0 saturated carbocycles. The van der Waals surface area contributed by atoms with E-state index in [1.165, 1.54) is 0 Å². The normalized spacial score (nSPS) is 12.5. The van der Waals surface area contributed by atoms with Gasteiger partial charge < -0.3 is 10.6 Å². The maximum absolute atomic E-state index is 11.7. The van der Waals surface area contributed by atoms with Crippen LogP contribution in [0.3, 0.4) is 0 Å². The molecular formula is C12H26N2O. The van der Waals surface area contributed by atoms with Gasteiger partial charge in [-0.05, 0) is 31.7 Å². The van der Waals surface area contributed by atoms with Crippen molar-refractivity contribution in [2.24, 2.45) is 11.7 Å². The summed E-state index contributed by atoms with van der Waals surface area (Å²) < 4.78 is 0. The van der Waals surface area contributed by atoms with Crippen LogP contribution in [0.15, 0.2) is 0 Å². The Morgan fingerprint density at radius 1 is 1.40 bits per heavy atom. The maximum Gasteiger partial charge on any atom is 0.222 e. The lowest BCUT2D eigenvalue weighted by molar-refractivity contribution is -0.130. The SMILES string of the molecule is CCCCN(C)C(=O)CCC(C)CCN. The monoisotopic (exact) mass is 214 g/mol. The molecule has 1 unspecified atom stereocenters.